The lowest BCUT2D eigenvalue weighted by molar-refractivity contribution is -0.154. The Morgan fingerprint density at radius 2 is 1.65 bits per heavy atom. The number of Topliss-reactive ketones (excluding diaryl/α,β-unsaturated/α-hetero) is 1. The predicted molar refractivity (Wildman–Crippen MR) is 88.4 cm³/mol. The van der Waals surface area contributed by atoms with Crippen molar-refractivity contribution in [2.24, 2.45) is 11.8 Å². The second kappa shape index (κ2) is 7.19. The van der Waals surface area contributed by atoms with Crippen molar-refractivity contribution in [1.82, 2.24) is 4.90 Å². The Bertz CT molecular complexity index is 760. The van der Waals surface area contributed by atoms with Crippen molar-refractivity contribution < 1.29 is 28.3 Å². The van der Waals surface area contributed by atoms with Gasteiger partial charge in [-0.15, -0.1) is 0 Å². The van der Waals surface area contributed by atoms with Crippen molar-refractivity contribution in [2.45, 2.75) is 25.9 Å². The van der Waals surface area contributed by atoms with E-state index >= 15 is 0 Å². The molecule has 3 rings (SSSR count). The van der Waals surface area contributed by atoms with E-state index in [1.165, 1.54) is 19.1 Å². The molecule has 3 atom stereocenters. The van der Waals surface area contributed by atoms with E-state index in [-0.39, 0.29) is 17.4 Å². The number of nitrogens with zero attached hydrogens (tertiary/aromatic N) is 1. The van der Waals surface area contributed by atoms with Crippen LogP contribution in [0.4, 0.5) is 4.39 Å². The van der Waals surface area contributed by atoms with Crippen LogP contribution in [0, 0.1) is 17.7 Å². The molecule has 1 aromatic carbocycles. The molecule has 7 heteroatoms. The van der Waals surface area contributed by atoms with Crippen molar-refractivity contribution in [3.05, 3.63) is 47.8 Å². The van der Waals surface area contributed by atoms with E-state index < -0.39 is 42.1 Å². The average molecular weight is 359 g/mol. The number of ether oxygens (including phenoxy) is 1. The largest absolute Gasteiger partial charge is 0.453 e. The number of rotatable bonds is 5. The summed E-state index contributed by atoms with van der Waals surface area (Å²) in [5.41, 5.74) is 0.206. The fourth-order valence-corrected chi connectivity index (χ4v) is 3.29. The lowest BCUT2D eigenvalue weighted by atomic mass is 9.85. The smallest absolute Gasteiger partial charge is 0.326 e. The van der Waals surface area contributed by atoms with E-state index in [0.717, 1.165) is 17.0 Å². The third-order valence-electron chi connectivity index (χ3n) is 4.69. The molecule has 0 bridgehead atoms. The van der Waals surface area contributed by atoms with Crippen LogP contribution in [-0.2, 0) is 19.1 Å². The molecule has 1 aliphatic carbocycles. The molecule has 0 aromatic heterocycles. The average Bonchev–Trinajstić information content (AvgIpc) is 2.87. The topological polar surface area (TPSA) is 80.8 Å². The van der Waals surface area contributed by atoms with Crippen LogP contribution in [0.2, 0.25) is 0 Å². The fraction of sp³-hybridized carbons (Fsp3) is 0.368. The zero-order valence-electron chi connectivity index (χ0n) is 14.2. The number of esters is 1. The number of likely N-dealkylation sites (tertiary alicyclic amines) is 1. The second-order valence-corrected chi connectivity index (χ2v) is 6.42. The minimum Gasteiger partial charge on any atom is -0.453 e. The number of hydrogen-bond acceptors (Lipinski definition) is 5. The van der Waals surface area contributed by atoms with Crippen LogP contribution in [0.1, 0.15) is 30.1 Å². The van der Waals surface area contributed by atoms with Gasteiger partial charge in [0.15, 0.2) is 6.10 Å². The second-order valence-electron chi connectivity index (χ2n) is 6.42. The van der Waals surface area contributed by atoms with Gasteiger partial charge >= 0.3 is 5.97 Å². The zero-order chi connectivity index (χ0) is 18.8. The molecular weight excluding hydrogens is 341 g/mol. The Hall–Kier alpha value is -2.83. The number of ketones is 1. The minimum absolute atomic E-state index is 0.206. The lowest BCUT2D eigenvalue weighted by Crippen LogP contribution is -2.38. The monoisotopic (exact) mass is 359 g/mol. The summed E-state index contributed by atoms with van der Waals surface area (Å²) in [6, 6.07) is 4.87. The van der Waals surface area contributed by atoms with E-state index in [1.54, 1.807) is 0 Å². The maximum Gasteiger partial charge on any atom is 0.326 e. The number of imide groups is 1. The van der Waals surface area contributed by atoms with E-state index in [1.807, 2.05) is 12.2 Å². The fourth-order valence-electron chi connectivity index (χ4n) is 3.29. The molecule has 1 heterocycles. The third-order valence-corrected chi connectivity index (χ3v) is 4.69. The Labute approximate surface area is 149 Å². The highest BCUT2D eigenvalue weighted by Gasteiger charge is 2.47. The maximum absolute atomic E-state index is 12.9. The van der Waals surface area contributed by atoms with Gasteiger partial charge in [0.05, 0.1) is 11.8 Å². The SMILES string of the molecule is C[C@H](OC(=O)CN1C(=O)[C@H]2CC=CC[C@H]2C1=O)C(=O)c1ccc(F)cc1. The van der Waals surface area contributed by atoms with Crippen LogP contribution in [-0.4, -0.2) is 41.1 Å². The highest BCUT2D eigenvalue weighted by molar-refractivity contribution is 6.07. The highest BCUT2D eigenvalue weighted by Crippen LogP contribution is 2.34. The van der Waals surface area contributed by atoms with Gasteiger partial charge in [-0.05, 0) is 44.0 Å². The molecule has 1 fully saturated rings. The summed E-state index contributed by atoms with van der Waals surface area (Å²) in [5, 5.41) is 0. The van der Waals surface area contributed by atoms with Crippen LogP contribution in [0.3, 0.4) is 0 Å². The first-order valence-electron chi connectivity index (χ1n) is 8.38. The summed E-state index contributed by atoms with van der Waals surface area (Å²) in [7, 11) is 0. The van der Waals surface area contributed by atoms with Gasteiger partial charge in [0.2, 0.25) is 17.6 Å². The Morgan fingerprint density at radius 1 is 1.12 bits per heavy atom. The molecule has 1 aliphatic heterocycles. The van der Waals surface area contributed by atoms with Gasteiger partial charge in [0, 0.05) is 5.56 Å². The molecule has 0 spiro atoms. The Balaban J connectivity index is 1.60. The zero-order valence-corrected chi connectivity index (χ0v) is 14.2. The van der Waals surface area contributed by atoms with Crippen LogP contribution >= 0.6 is 0 Å². The number of amides is 2. The predicted octanol–water partition coefficient (Wildman–Crippen LogP) is 1.89. The molecule has 0 unspecified atom stereocenters. The maximum atomic E-state index is 12.9. The van der Waals surface area contributed by atoms with Gasteiger partial charge in [0.1, 0.15) is 12.4 Å². The quantitative estimate of drug-likeness (QED) is 0.347. The number of halogens is 1. The molecule has 136 valence electrons. The highest BCUT2D eigenvalue weighted by atomic mass is 19.1. The Kier molecular flexibility index (Phi) is 4.97. The van der Waals surface area contributed by atoms with Crippen LogP contribution < -0.4 is 0 Å². The van der Waals surface area contributed by atoms with E-state index in [4.69, 9.17) is 4.74 Å². The van der Waals surface area contributed by atoms with Crippen LogP contribution in [0.5, 0.6) is 0 Å². The van der Waals surface area contributed by atoms with E-state index in [9.17, 15) is 23.6 Å². The molecule has 2 amide bonds. The van der Waals surface area contributed by atoms with Gasteiger partial charge in [-0.3, -0.25) is 24.1 Å². The van der Waals surface area contributed by atoms with E-state index in [0.29, 0.717) is 12.8 Å². The summed E-state index contributed by atoms with van der Waals surface area (Å²) >= 11 is 0. The Morgan fingerprint density at radius 3 is 2.19 bits per heavy atom. The number of fused-ring (bicyclic) bond motifs is 1. The molecular formula is C19H18FNO5. The first-order valence-corrected chi connectivity index (χ1v) is 8.38. The molecule has 2 aliphatic rings. The standard InChI is InChI=1S/C19H18FNO5/c1-11(17(23)12-6-8-13(20)9-7-12)26-16(22)10-21-18(24)14-4-2-3-5-15(14)19(21)25/h2-3,6-9,11,14-15H,4-5,10H2,1H3/t11-,14-,15+/m0/s1. The summed E-state index contributed by atoms with van der Waals surface area (Å²) in [6.45, 7) is 0.882. The summed E-state index contributed by atoms with van der Waals surface area (Å²) in [4.78, 5) is 49.9. The number of carbonyl (C=O) groups excluding carboxylic acids is 4. The van der Waals surface area contributed by atoms with Crippen molar-refractivity contribution >= 4 is 23.6 Å². The van der Waals surface area contributed by atoms with Crippen molar-refractivity contribution in [3.63, 3.8) is 0 Å². The lowest BCUT2D eigenvalue weighted by Gasteiger charge is -2.16. The van der Waals surface area contributed by atoms with Gasteiger partial charge in [0.25, 0.3) is 0 Å². The van der Waals surface area contributed by atoms with Gasteiger partial charge in [-0.25, -0.2) is 4.39 Å². The van der Waals surface area contributed by atoms with E-state index in [2.05, 4.69) is 0 Å². The number of hydrogen-bond donors (Lipinski definition) is 0. The normalized spacial score (nSPS) is 22.9. The molecule has 0 saturated carbocycles. The molecule has 1 aromatic rings. The van der Waals surface area contributed by atoms with Crippen molar-refractivity contribution in [1.29, 1.82) is 0 Å². The first-order chi connectivity index (χ1) is 12.4. The molecule has 0 radical (unpaired) electrons. The number of carbonyl (C=O) groups is 4. The first kappa shape index (κ1) is 18.0. The molecule has 26 heavy (non-hydrogen) atoms. The van der Waals surface area contributed by atoms with Crippen LogP contribution in [0.25, 0.3) is 0 Å². The van der Waals surface area contributed by atoms with Crippen molar-refractivity contribution in [3.8, 4) is 0 Å². The number of allylic oxidation sites excluding steroid dienone is 2. The van der Waals surface area contributed by atoms with Gasteiger partial charge in [-0.1, -0.05) is 12.2 Å². The van der Waals surface area contributed by atoms with Crippen LogP contribution in [0.15, 0.2) is 36.4 Å². The summed E-state index contributed by atoms with van der Waals surface area (Å²) in [6.07, 6.45) is 3.58. The summed E-state index contributed by atoms with van der Waals surface area (Å²) < 4.78 is 18.0. The third kappa shape index (κ3) is 3.42. The molecule has 6 nitrogen and oxygen atoms in total. The number of benzene rings is 1. The molecule has 0 N–H and O–H groups in total. The molecule has 1 saturated heterocycles. The minimum atomic E-state index is -1.11. The van der Waals surface area contributed by atoms with Gasteiger partial charge in [-0.2, -0.15) is 0 Å². The summed E-state index contributed by atoms with van der Waals surface area (Å²) in [5.74, 6) is -3.39. The van der Waals surface area contributed by atoms with Gasteiger partial charge < -0.3 is 4.74 Å². The van der Waals surface area contributed by atoms with Crippen molar-refractivity contribution in [2.75, 3.05) is 6.54 Å².